The lowest BCUT2D eigenvalue weighted by Gasteiger charge is -2.21. The van der Waals surface area contributed by atoms with Gasteiger partial charge in [0.25, 0.3) is 0 Å². The Morgan fingerprint density at radius 2 is 1.41 bits per heavy atom. The second-order valence-electron chi connectivity index (χ2n) is 5.62. The van der Waals surface area contributed by atoms with E-state index in [2.05, 4.69) is 9.47 Å². The summed E-state index contributed by atoms with van der Waals surface area (Å²) in [5.41, 5.74) is -1.66. The van der Waals surface area contributed by atoms with Gasteiger partial charge in [-0.1, -0.05) is 12.1 Å². The molecule has 1 N–H and O–H groups in total. The summed E-state index contributed by atoms with van der Waals surface area (Å²) >= 11 is 0. The van der Waals surface area contributed by atoms with Crippen molar-refractivity contribution in [1.29, 1.82) is 0 Å². The molecule has 0 unspecified atom stereocenters. The van der Waals surface area contributed by atoms with Crippen LogP contribution in [0.4, 0.5) is 0 Å². The zero-order valence-electron chi connectivity index (χ0n) is 14.2. The summed E-state index contributed by atoms with van der Waals surface area (Å²) in [6, 6.07) is 6.06. The molecule has 0 aliphatic heterocycles. The molecule has 0 atom stereocenters. The fraction of sp³-hybridized carbons (Fsp3) is 0.105. The maximum Gasteiger partial charge on any atom is 0.338 e. The van der Waals surface area contributed by atoms with Gasteiger partial charge in [0, 0.05) is 22.3 Å². The Labute approximate surface area is 152 Å². The average Bonchev–Trinajstić information content (AvgIpc) is 2.69. The number of carbonyl (C=O) groups is 5. The quantitative estimate of drug-likeness (QED) is 0.693. The van der Waals surface area contributed by atoms with Gasteiger partial charge in [-0.3, -0.25) is 9.59 Å². The van der Waals surface area contributed by atoms with Crippen molar-refractivity contribution in [2.45, 2.75) is 0 Å². The van der Waals surface area contributed by atoms with E-state index >= 15 is 0 Å². The number of ether oxygens (including phenoxy) is 2. The zero-order valence-corrected chi connectivity index (χ0v) is 14.2. The fourth-order valence-corrected chi connectivity index (χ4v) is 3.00. The Morgan fingerprint density at radius 3 is 2.00 bits per heavy atom. The van der Waals surface area contributed by atoms with Gasteiger partial charge in [-0.25, -0.2) is 14.4 Å². The number of carboxylic acids is 1. The number of carboxylic acid groups (broad SMARTS) is 1. The summed E-state index contributed by atoms with van der Waals surface area (Å²) in [5, 5.41) is 9.25. The maximum atomic E-state index is 13.1. The smallest absolute Gasteiger partial charge is 0.338 e. The first-order valence-electron chi connectivity index (χ1n) is 7.62. The van der Waals surface area contributed by atoms with Crippen LogP contribution >= 0.6 is 0 Å². The summed E-state index contributed by atoms with van der Waals surface area (Å²) in [7, 11) is 2.19. The van der Waals surface area contributed by atoms with E-state index in [9.17, 15) is 29.1 Å². The number of rotatable bonds is 3. The first-order valence-corrected chi connectivity index (χ1v) is 7.62. The predicted octanol–water partition coefficient (Wildman–Crippen LogP) is 1.73. The van der Waals surface area contributed by atoms with Crippen LogP contribution in [0.2, 0.25) is 0 Å². The third-order valence-corrected chi connectivity index (χ3v) is 4.20. The van der Waals surface area contributed by atoms with E-state index in [1.54, 1.807) is 0 Å². The summed E-state index contributed by atoms with van der Waals surface area (Å²) in [5.74, 6) is -4.62. The second kappa shape index (κ2) is 6.49. The standard InChI is InChI=1S/C19H12O8/c1-26-18(24)10-5-3-4-9-13(10)16(21)14-11(15(9)20)6-8(17(22)23)7-12(14)19(25)27-2/h3-7H,1-2H3,(H,22,23). The van der Waals surface area contributed by atoms with Gasteiger partial charge in [0.1, 0.15) is 0 Å². The molecule has 3 rings (SSSR count). The van der Waals surface area contributed by atoms with Gasteiger partial charge in [-0.2, -0.15) is 0 Å². The molecule has 27 heavy (non-hydrogen) atoms. The number of hydrogen-bond acceptors (Lipinski definition) is 7. The molecule has 8 heteroatoms. The molecule has 136 valence electrons. The summed E-state index contributed by atoms with van der Waals surface area (Å²) in [6.45, 7) is 0. The number of carbonyl (C=O) groups excluding carboxylic acids is 4. The second-order valence-corrected chi connectivity index (χ2v) is 5.62. The molecule has 0 bridgehead atoms. The van der Waals surface area contributed by atoms with Crippen molar-refractivity contribution in [3.8, 4) is 0 Å². The Hall–Kier alpha value is -3.81. The molecule has 0 radical (unpaired) electrons. The highest BCUT2D eigenvalue weighted by Crippen LogP contribution is 2.33. The minimum absolute atomic E-state index is 0.0752. The fourth-order valence-electron chi connectivity index (χ4n) is 3.00. The maximum absolute atomic E-state index is 13.1. The Bertz CT molecular complexity index is 1050. The van der Waals surface area contributed by atoms with Gasteiger partial charge < -0.3 is 14.6 Å². The molecule has 0 heterocycles. The van der Waals surface area contributed by atoms with Crippen LogP contribution in [0, 0.1) is 0 Å². The van der Waals surface area contributed by atoms with E-state index in [1.807, 2.05) is 0 Å². The van der Waals surface area contributed by atoms with Crippen molar-refractivity contribution < 1.29 is 38.6 Å². The molecule has 8 nitrogen and oxygen atoms in total. The van der Waals surface area contributed by atoms with Crippen molar-refractivity contribution in [3.63, 3.8) is 0 Å². The van der Waals surface area contributed by atoms with E-state index in [0.29, 0.717) is 0 Å². The molecule has 0 amide bonds. The summed E-state index contributed by atoms with van der Waals surface area (Å²) in [4.78, 5) is 61.5. The van der Waals surface area contributed by atoms with Crippen molar-refractivity contribution in [2.75, 3.05) is 14.2 Å². The lowest BCUT2D eigenvalue weighted by Crippen LogP contribution is -2.27. The lowest BCUT2D eigenvalue weighted by molar-refractivity contribution is 0.0592. The minimum atomic E-state index is -1.38. The van der Waals surface area contributed by atoms with E-state index in [-0.39, 0.29) is 38.9 Å². The Morgan fingerprint density at radius 1 is 0.815 bits per heavy atom. The molecule has 1 aliphatic rings. The number of methoxy groups -OCH3 is 2. The van der Waals surface area contributed by atoms with Crippen LogP contribution in [0.1, 0.15) is 62.9 Å². The highest BCUT2D eigenvalue weighted by atomic mass is 16.5. The van der Waals surface area contributed by atoms with Gasteiger partial charge in [-0.15, -0.1) is 0 Å². The summed E-state index contributed by atoms with van der Waals surface area (Å²) in [6.07, 6.45) is 0. The van der Waals surface area contributed by atoms with Crippen LogP contribution in [-0.4, -0.2) is 48.8 Å². The Balaban J connectivity index is 2.38. The van der Waals surface area contributed by atoms with Crippen molar-refractivity contribution >= 4 is 29.5 Å². The van der Waals surface area contributed by atoms with Crippen LogP contribution in [0.5, 0.6) is 0 Å². The van der Waals surface area contributed by atoms with E-state index in [4.69, 9.17) is 0 Å². The number of ketones is 2. The number of esters is 2. The topological polar surface area (TPSA) is 124 Å². The van der Waals surface area contributed by atoms with Crippen LogP contribution in [0.3, 0.4) is 0 Å². The van der Waals surface area contributed by atoms with Gasteiger partial charge in [0.05, 0.1) is 30.9 Å². The van der Waals surface area contributed by atoms with Crippen LogP contribution < -0.4 is 0 Å². The predicted molar refractivity (Wildman–Crippen MR) is 89.4 cm³/mol. The molecule has 0 aromatic heterocycles. The van der Waals surface area contributed by atoms with Crippen LogP contribution in [-0.2, 0) is 9.47 Å². The molecular formula is C19H12O8. The summed E-state index contributed by atoms with van der Waals surface area (Å²) < 4.78 is 9.27. The highest BCUT2D eigenvalue weighted by Gasteiger charge is 2.37. The molecule has 0 saturated carbocycles. The van der Waals surface area contributed by atoms with E-state index in [0.717, 1.165) is 26.4 Å². The van der Waals surface area contributed by atoms with Crippen LogP contribution in [0.25, 0.3) is 0 Å². The number of aromatic carboxylic acids is 1. The molecule has 1 aliphatic carbocycles. The zero-order chi connectivity index (χ0) is 19.9. The Kier molecular flexibility index (Phi) is 4.32. The normalized spacial score (nSPS) is 12.1. The monoisotopic (exact) mass is 368 g/mol. The molecular weight excluding hydrogens is 356 g/mol. The van der Waals surface area contributed by atoms with E-state index in [1.165, 1.54) is 18.2 Å². The largest absolute Gasteiger partial charge is 0.478 e. The molecule has 0 fully saturated rings. The number of hydrogen-bond donors (Lipinski definition) is 1. The van der Waals surface area contributed by atoms with E-state index < -0.39 is 29.5 Å². The third-order valence-electron chi connectivity index (χ3n) is 4.20. The minimum Gasteiger partial charge on any atom is -0.478 e. The lowest BCUT2D eigenvalue weighted by atomic mass is 9.79. The van der Waals surface area contributed by atoms with Gasteiger partial charge in [0.2, 0.25) is 0 Å². The van der Waals surface area contributed by atoms with Gasteiger partial charge >= 0.3 is 17.9 Å². The molecule has 0 spiro atoms. The average molecular weight is 368 g/mol. The van der Waals surface area contributed by atoms with Crippen molar-refractivity contribution in [2.24, 2.45) is 0 Å². The SMILES string of the molecule is COC(=O)c1cccc2c1C(=O)c1c(C(=O)OC)cc(C(=O)O)cc1C2=O. The highest BCUT2D eigenvalue weighted by molar-refractivity contribution is 6.32. The van der Waals surface area contributed by atoms with Crippen LogP contribution in [0.15, 0.2) is 30.3 Å². The third kappa shape index (κ3) is 2.67. The first kappa shape index (κ1) is 18.0. The molecule has 0 saturated heterocycles. The molecule has 2 aromatic rings. The number of benzene rings is 2. The number of fused-ring (bicyclic) bond motifs is 2. The first-order chi connectivity index (χ1) is 12.8. The van der Waals surface area contributed by atoms with Crippen molar-refractivity contribution in [3.05, 3.63) is 69.3 Å². The van der Waals surface area contributed by atoms with Gasteiger partial charge in [-0.05, 0) is 18.2 Å². The van der Waals surface area contributed by atoms with Crippen molar-refractivity contribution in [1.82, 2.24) is 0 Å². The molecule has 2 aromatic carbocycles. The van der Waals surface area contributed by atoms with Gasteiger partial charge in [0.15, 0.2) is 11.6 Å².